The van der Waals surface area contributed by atoms with Gasteiger partial charge in [0, 0.05) is 17.1 Å². The van der Waals surface area contributed by atoms with E-state index >= 15 is 0 Å². The van der Waals surface area contributed by atoms with Crippen LogP contribution in [-0.2, 0) is 14.8 Å². The predicted molar refractivity (Wildman–Crippen MR) is 128 cm³/mol. The van der Waals surface area contributed by atoms with Gasteiger partial charge < -0.3 is 15.2 Å². The van der Waals surface area contributed by atoms with E-state index in [2.05, 4.69) is 5.32 Å². The Kier molecular flexibility index (Phi) is 6.39. The van der Waals surface area contributed by atoms with E-state index in [9.17, 15) is 27.5 Å². The first-order chi connectivity index (χ1) is 16.4. The first-order valence-corrected chi connectivity index (χ1v) is 12.8. The lowest BCUT2D eigenvalue weighted by atomic mass is 10.1. The Morgan fingerprint density at radius 1 is 1.23 bits per heavy atom. The van der Waals surface area contributed by atoms with Crippen LogP contribution in [0, 0.1) is 11.2 Å². The molecule has 1 aliphatic heterocycles. The molecule has 1 fully saturated rings. The van der Waals surface area contributed by atoms with Gasteiger partial charge in [-0.1, -0.05) is 6.92 Å². The molecule has 1 aliphatic carbocycles. The number of sulfonamides is 1. The number of nitrogens with zero attached hydrogens (tertiary/aromatic N) is 2. The quantitative estimate of drug-likeness (QED) is 0.594. The van der Waals surface area contributed by atoms with Crippen LogP contribution in [-0.4, -0.2) is 50.8 Å². The molecule has 2 aromatic carbocycles. The Hall–Kier alpha value is -3.34. The van der Waals surface area contributed by atoms with E-state index in [1.54, 1.807) is 19.9 Å². The normalized spacial score (nSPS) is 18.4. The van der Waals surface area contributed by atoms with Crippen LogP contribution in [0.3, 0.4) is 0 Å². The number of fused-ring (bicyclic) bond motifs is 1. The summed E-state index contributed by atoms with van der Waals surface area (Å²) in [6.07, 6.45) is -0.261. The second-order valence-electron chi connectivity index (χ2n) is 9.40. The number of carbonyl (C=O) groups excluding carboxylic acids is 1. The lowest BCUT2D eigenvalue weighted by molar-refractivity contribution is -0.126. The van der Waals surface area contributed by atoms with Gasteiger partial charge in [0.15, 0.2) is 0 Å². The van der Waals surface area contributed by atoms with Crippen molar-refractivity contribution in [2.24, 2.45) is 5.41 Å². The summed E-state index contributed by atoms with van der Waals surface area (Å²) in [5.74, 6) is -0.447. The van der Waals surface area contributed by atoms with Crippen molar-refractivity contribution in [2.75, 3.05) is 22.3 Å². The molecule has 1 saturated carbocycles. The molecule has 9 nitrogen and oxygen atoms in total. The second kappa shape index (κ2) is 9.03. The van der Waals surface area contributed by atoms with Gasteiger partial charge in [0.1, 0.15) is 17.7 Å². The van der Waals surface area contributed by atoms with Crippen LogP contribution in [0.2, 0.25) is 0 Å². The van der Waals surface area contributed by atoms with Crippen molar-refractivity contribution < 1.29 is 32.2 Å². The lowest BCUT2D eigenvalue weighted by Gasteiger charge is -2.36. The summed E-state index contributed by atoms with van der Waals surface area (Å²) in [5.41, 5.74) is 0.0522. The molecule has 1 atom stereocenters. The van der Waals surface area contributed by atoms with Crippen molar-refractivity contribution >= 4 is 33.4 Å². The largest absolute Gasteiger partial charge is 0.484 e. The van der Waals surface area contributed by atoms with Crippen LogP contribution in [0.1, 0.15) is 33.6 Å². The third-order valence-corrected chi connectivity index (χ3v) is 8.11. The van der Waals surface area contributed by atoms with Crippen LogP contribution in [0.25, 0.3) is 0 Å². The number of anilines is 2. The Balaban J connectivity index is 1.71. The molecule has 1 heterocycles. The maximum absolute atomic E-state index is 13.6. The SMILES string of the molecule is CC(C)N(C(=O)O)c1ccc2c(c1)N(S(=O)(=O)c1ccc(F)cc1)CC(CNC(=O)C1(C)CC1)O2. The molecule has 0 bridgehead atoms. The molecular formula is C24H28FN3O6S. The zero-order valence-electron chi connectivity index (χ0n) is 19.7. The Bertz CT molecular complexity index is 1240. The van der Waals surface area contributed by atoms with E-state index in [4.69, 9.17) is 4.74 Å². The fraction of sp³-hybridized carbons (Fsp3) is 0.417. The van der Waals surface area contributed by atoms with Crippen molar-refractivity contribution in [1.29, 1.82) is 0 Å². The Morgan fingerprint density at radius 2 is 1.89 bits per heavy atom. The molecular weight excluding hydrogens is 477 g/mol. The third kappa shape index (κ3) is 4.90. The third-order valence-electron chi connectivity index (χ3n) is 6.32. The van der Waals surface area contributed by atoms with Gasteiger partial charge in [0.25, 0.3) is 10.0 Å². The summed E-state index contributed by atoms with van der Waals surface area (Å²) in [7, 11) is -4.15. The molecule has 188 valence electrons. The molecule has 0 saturated heterocycles. The summed E-state index contributed by atoms with van der Waals surface area (Å²) < 4.78 is 47.8. The highest BCUT2D eigenvalue weighted by Gasteiger charge is 2.45. The molecule has 4 rings (SSSR count). The van der Waals surface area contributed by atoms with E-state index in [-0.39, 0.29) is 41.0 Å². The van der Waals surface area contributed by atoms with Crippen LogP contribution in [0.5, 0.6) is 5.75 Å². The topological polar surface area (TPSA) is 116 Å². The highest BCUT2D eigenvalue weighted by atomic mass is 32.2. The minimum Gasteiger partial charge on any atom is -0.484 e. The number of ether oxygens (including phenoxy) is 1. The van der Waals surface area contributed by atoms with Crippen molar-refractivity contribution in [2.45, 2.75) is 50.7 Å². The molecule has 0 radical (unpaired) electrons. The number of nitrogens with one attached hydrogen (secondary N) is 1. The minimum atomic E-state index is -4.15. The predicted octanol–water partition coefficient (Wildman–Crippen LogP) is 3.59. The number of carbonyl (C=O) groups is 2. The number of carboxylic acid groups (broad SMARTS) is 1. The van der Waals surface area contributed by atoms with Gasteiger partial charge in [-0.25, -0.2) is 17.6 Å². The van der Waals surface area contributed by atoms with Crippen LogP contribution in [0.15, 0.2) is 47.4 Å². The monoisotopic (exact) mass is 505 g/mol. The minimum absolute atomic E-state index is 0.0955. The summed E-state index contributed by atoms with van der Waals surface area (Å²) >= 11 is 0. The van der Waals surface area contributed by atoms with E-state index in [0.29, 0.717) is 0 Å². The lowest BCUT2D eigenvalue weighted by Crippen LogP contribution is -2.49. The standard InChI is InChI=1S/C24H28FN3O6S/c1-15(2)28(23(30)31)17-6-9-21-20(12-17)27(35(32,33)19-7-4-16(25)5-8-19)14-18(34-21)13-26-22(29)24(3)10-11-24/h4-9,12,15,18H,10-11,13-14H2,1-3H3,(H,26,29)(H,30,31). The van der Waals surface area contributed by atoms with E-state index in [1.165, 1.54) is 24.3 Å². The van der Waals surface area contributed by atoms with Crippen molar-refractivity contribution in [3.63, 3.8) is 0 Å². The van der Waals surface area contributed by atoms with Gasteiger partial charge in [-0.05, 0) is 69.2 Å². The van der Waals surface area contributed by atoms with Crippen LogP contribution < -0.4 is 19.3 Å². The van der Waals surface area contributed by atoms with Crippen LogP contribution >= 0.6 is 0 Å². The van der Waals surface area contributed by atoms with Gasteiger partial charge in [-0.3, -0.25) is 14.0 Å². The molecule has 35 heavy (non-hydrogen) atoms. The smallest absolute Gasteiger partial charge is 0.412 e. The molecule has 2 aromatic rings. The zero-order chi connectivity index (χ0) is 25.5. The molecule has 2 N–H and O–H groups in total. The molecule has 2 aliphatic rings. The van der Waals surface area contributed by atoms with Crippen LogP contribution in [0.4, 0.5) is 20.6 Å². The number of hydrogen-bond donors (Lipinski definition) is 2. The molecule has 1 unspecified atom stereocenters. The highest BCUT2D eigenvalue weighted by Crippen LogP contribution is 2.45. The van der Waals surface area contributed by atoms with Gasteiger partial charge in [0.2, 0.25) is 5.91 Å². The average molecular weight is 506 g/mol. The van der Waals surface area contributed by atoms with Crippen molar-refractivity contribution in [3.05, 3.63) is 48.3 Å². The number of halogens is 1. The number of hydrogen-bond acceptors (Lipinski definition) is 5. The summed E-state index contributed by atoms with van der Waals surface area (Å²) in [5, 5.41) is 12.5. The number of benzene rings is 2. The molecule has 2 amide bonds. The Morgan fingerprint density at radius 3 is 2.46 bits per heavy atom. The van der Waals surface area contributed by atoms with E-state index in [1.807, 2.05) is 6.92 Å². The van der Waals surface area contributed by atoms with Gasteiger partial charge in [0.05, 0.1) is 23.7 Å². The fourth-order valence-corrected chi connectivity index (χ4v) is 5.48. The second-order valence-corrected chi connectivity index (χ2v) is 11.3. The zero-order valence-corrected chi connectivity index (χ0v) is 20.5. The summed E-state index contributed by atoms with van der Waals surface area (Å²) in [4.78, 5) is 25.2. The number of rotatable bonds is 7. The molecule has 11 heteroatoms. The van der Waals surface area contributed by atoms with E-state index < -0.39 is 39.5 Å². The average Bonchev–Trinajstić information content (AvgIpc) is 3.55. The van der Waals surface area contributed by atoms with E-state index in [0.717, 1.165) is 34.2 Å². The molecule has 0 aromatic heterocycles. The van der Waals surface area contributed by atoms with Gasteiger partial charge in [-0.2, -0.15) is 0 Å². The summed E-state index contributed by atoms with van der Waals surface area (Å²) in [6, 6.07) is 8.58. The van der Waals surface area contributed by atoms with Gasteiger partial charge >= 0.3 is 6.09 Å². The fourth-order valence-electron chi connectivity index (χ4n) is 3.98. The molecule has 0 spiro atoms. The highest BCUT2D eigenvalue weighted by molar-refractivity contribution is 7.92. The number of amides is 2. The first-order valence-electron chi connectivity index (χ1n) is 11.3. The maximum atomic E-state index is 13.6. The van der Waals surface area contributed by atoms with Gasteiger partial charge in [-0.15, -0.1) is 0 Å². The Labute approximate surface area is 203 Å². The maximum Gasteiger partial charge on any atom is 0.412 e. The summed E-state index contributed by atoms with van der Waals surface area (Å²) in [6.45, 7) is 5.25. The van der Waals surface area contributed by atoms with Crippen molar-refractivity contribution in [1.82, 2.24) is 5.32 Å². The van der Waals surface area contributed by atoms with Crippen molar-refractivity contribution in [3.8, 4) is 5.75 Å². The first kappa shape index (κ1) is 24.8.